The summed E-state index contributed by atoms with van der Waals surface area (Å²) in [5.74, 6) is 0. The Balaban J connectivity index is 0.00000216. The van der Waals surface area contributed by atoms with E-state index < -0.39 is 0 Å². The minimum atomic E-state index is 0. The number of hydrogen-bond acceptors (Lipinski definition) is 3. The number of nitrogens with one attached hydrogen (secondary N) is 2. The smallest absolute Gasteiger partial charge is 0.0736 e. The normalized spacial score (nSPS) is 12.3. The summed E-state index contributed by atoms with van der Waals surface area (Å²) in [4.78, 5) is 16.5. The van der Waals surface area contributed by atoms with Crippen LogP contribution in [-0.4, -0.2) is 19.9 Å². The van der Waals surface area contributed by atoms with Gasteiger partial charge in [-0.2, -0.15) is 0 Å². The average molecular weight is 457 g/mol. The van der Waals surface area contributed by atoms with Crippen LogP contribution in [0.25, 0.3) is 45.9 Å². The second-order valence-corrected chi connectivity index (χ2v) is 7.71. The molecule has 5 nitrogen and oxygen atoms in total. The van der Waals surface area contributed by atoms with Gasteiger partial charge < -0.3 is 15.7 Å². The summed E-state index contributed by atoms with van der Waals surface area (Å²) in [7, 11) is 0. The van der Waals surface area contributed by atoms with E-state index in [1.807, 2.05) is 48.6 Å². The van der Waals surface area contributed by atoms with Crippen LogP contribution in [0.15, 0.2) is 72.8 Å². The number of fused-ring (bicyclic) bond motifs is 8. The molecule has 0 radical (unpaired) electrons. The van der Waals surface area contributed by atoms with Crippen LogP contribution in [0.2, 0.25) is 0 Å². The Hall–Kier alpha value is -3.86. The first-order chi connectivity index (χ1) is 15.2. The summed E-state index contributed by atoms with van der Waals surface area (Å²) in [6.45, 7) is 0. The van der Waals surface area contributed by atoms with Gasteiger partial charge in [-0.3, -0.25) is 0 Å². The molecule has 6 heteroatoms. The maximum atomic E-state index is 5.89. The molecule has 1 aromatic carbocycles. The van der Waals surface area contributed by atoms with E-state index in [9.17, 15) is 0 Å². The Morgan fingerprint density at radius 2 is 1.12 bits per heavy atom. The molecule has 8 bridgehead atoms. The molecular weight excluding hydrogens is 438 g/mol. The molecule has 2 aliphatic rings. The van der Waals surface area contributed by atoms with Gasteiger partial charge in [0.2, 0.25) is 0 Å². The monoisotopic (exact) mass is 457 g/mol. The van der Waals surface area contributed by atoms with E-state index in [4.69, 9.17) is 10.7 Å². The van der Waals surface area contributed by atoms with Gasteiger partial charge in [0.15, 0.2) is 0 Å². The molecule has 4 N–H and O–H groups in total. The van der Waals surface area contributed by atoms with Gasteiger partial charge in [-0.1, -0.05) is 12.1 Å². The van der Waals surface area contributed by atoms with Crippen molar-refractivity contribution in [1.29, 1.82) is 0 Å². The topological polar surface area (TPSA) is 83.4 Å². The third kappa shape index (κ3) is 3.89. The number of nitrogen functional groups attached to an aromatic ring is 1. The van der Waals surface area contributed by atoms with Crippen LogP contribution in [0.1, 0.15) is 28.3 Å². The summed E-state index contributed by atoms with van der Waals surface area (Å²) >= 11 is 0. The van der Waals surface area contributed by atoms with E-state index in [-0.39, 0.29) is 17.1 Å². The maximum absolute atomic E-state index is 5.89. The number of aromatic amines is 2. The Bertz CT molecular complexity index is 1540. The predicted molar refractivity (Wildman–Crippen MR) is 128 cm³/mol. The van der Waals surface area contributed by atoms with Crippen LogP contribution < -0.4 is 5.73 Å². The summed E-state index contributed by atoms with van der Waals surface area (Å²) in [6, 6.07) is 24.3. The van der Waals surface area contributed by atoms with Gasteiger partial charge >= 0.3 is 0 Å². The van der Waals surface area contributed by atoms with Gasteiger partial charge in [0.05, 0.1) is 22.8 Å². The number of benzene rings is 1. The van der Waals surface area contributed by atoms with Gasteiger partial charge in [0, 0.05) is 50.4 Å². The SMILES string of the molecule is Nc1ccc(C2=Cc3cc4ccc(cc5nc(cc6ccc(cc2n3)[nH]6)C=C5)[nH]4)cc1.[Fe]. The summed E-state index contributed by atoms with van der Waals surface area (Å²) in [6.07, 6.45) is 6.15. The van der Waals surface area contributed by atoms with Crippen LogP contribution in [-0.2, 0) is 17.1 Å². The van der Waals surface area contributed by atoms with Crippen molar-refractivity contribution in [3.05, 3.63) is 101 Å². The fraction of sp³-hybridized carbons (Fsp3) is 0. The number of aromatic nitrogens is 4. The first-order valence-corrected chi connectivity index (χ1v) is 10.1. The number of nitrogens with two attached hydrogens (primary N) is 1. The molecule has 0 unspecified atom stereocenters. The molecule has 0 spiro atoms. The molecule has 6 rings (SSSR count). The fourth-order valence-corrected chi connectivity index (χ4v) is 3.91. The van der Waals surface area contributed by atoms with E-state index in [2.05, 4.69) is 57.4 Å². The minimum Gasteiger partial charge on any atom is -0.399 e. The average Bonchev–Trinajstić information content (AvgIpc) is 3.54. The molecule has 32 heavy (non-hydrogen) atoms. The van der Waals surface area contributed by atoms with Gasteiger partial charge in [0.25, 0.3) is 0 Å². The third-order valence-electron chi connectivity index (χ3n) is 5.39. The van der Waals surface area contributed by atoms with Crippen LogP contribution >= 0.6 is 0 Å². The van der Waals surface area contributed by atoms with Crippen molar-refractivity contribution in [3.63, 3.8) is 0 Å². The van der Waals surface area contributed by atoms with E-state index in [1.54, 1.807) is 0 Å². The van der Waals surface area contributed by atoms with Crippen LogP contribution in [0.5, 0.6) is 0 Å². The molecule has 156 valence electrons. The number of H-pyrrole nitrogens is 2. The molecule has 0 aliphatic carbocycles. The third-order valence-corrected chi connectivity index (χ3v) is 5.39. The van der Waals surface area contributed by atoms with Crippen LogP contribution in [0.3, 0.4) is 0 Å². The Kier molecular flexibility index (Phi) is 5.02. The number of rotatable bonds is 1. The zero-order valence-corrected chi connectivity index (χ0v) is 18.1. The molecule has 0 fully saturated rings. The number of hydrogen-bond donors (Lipinski definition) is 3. The van der Waals surface area contributed by atoms with Gasteiger partial charge in [-0.25, -0.2) is 9.97 Å². The van der Waals surface area contributed by atoms with Gasteiger partial charge in [-0.05, 0) is 84.5 Å². The molecule has 3 aromatic heterocycles. The summed E-state index contributed by atoms with van der Waals surface area (Å²) in [5, 5.41) is 0. The largest absolute Gasteiger partial charge is 0.399 e. The number of nitrogens with zero attached hydrogens (tertiary/aromatic N) is 2. The summed E-state index contributed by atoms with van der Waals surface area (Å²) < 4.78 is 0. The Labute approximate surface area is 195 Å². The summed E-state index contributed by atoms with van der Waals surface area (Å²) in [5.41, 5.74) is 16.4. The molecule has 5 heterocycles. The quantitative estimate of drug-likeness (QED) is 0.220. The van der Waals surface area contributed by atoms with E-state index in [0.717, 1.165) is 61.7 Å². The first kappa shape index (κ1) is 20.1. The molecular formula is C26H19FeN5. The zero-order chi connectivity index (χ0) is 20.8. The van der Waals surface area contributed by atoms with Gasteiger partial charge in [0.1, 0.15) is 0 Å². The van der Waals surface area contributed by atoms with E-state index >= 15 is 0 Å². The van der Waals surface area contributed by atoms with E-state index in [0.29, 0.717) is 0 Å². The number of anilines is 1. The van der Waals surface area contributed by atoms with Crippen molar-refractivity contribution in [2.75, 3.05) is 5.73 Å². The van der Waals surface area contributed by atoms with Crippen molar-refractivity contribution in [1.82, 2.24) is 19.9 Å². The standard InChI is InChI=1S/C26H19N5.Fe/c27-17-3-1-16(2-4-17)25-14-24-13-22-8-7-20(29-22)11-18-5-6-19(28-18)12-21-9-10-23(30-21)15-26(25)31-24;/h1-15,29-30H,27H2;. The van der Waals surface area contributed by atoms with E-state index in [1.165, 1.54) is 0 Å². The Morgan fingerprint density at radius 1 is 0.594 bits per heavy atom. The fourth-order valence-electron chi connectivity index (χ4n) is 3.91. The second-order valence-electron chi connectivity index (χ2n) is 7.71. The second kappa shape index (κ2) is 8.00. The predicted octanol–water partition coefficient (Wildman–Crippen LogP) is 5.65. The van der Waals surface area contributed by atoms with Crippen molar-refractivity contribution in [2.24, 2.45) is 0 Å². The molecule has 0 saturated heterocycles. The van der Waals surface area contributed by atoms with Gasteiger partial charge in [-0.15, -0.1) is 0 Å². The first-order valence-electron chi connectivity index (χ1n) is 10.1. The molecule has 0 amide bonds. The van der Waals surface area contributed by atoms with Crippen molar-refractivity contribution < 1.29 is 17.1 Å². The van der Waals surface area contributed by atoms with Crippen LogP contribution in [0.4, 0.5) is 5.69 Å². The molecule has 0 saturated carbocycles. The molecule has 0 atom stereocenters. The molecule has 2 aliphatic heterocycles. The minimum absolute atomic E-state index is 0. The van der Waals surface area contributed by atoms with Crippen molar-refractivity contribution in [3.8, 4) is 0 Å². The van der Waals surface area contributed by atoms with Crippen LogP contribution in [0, 0.1) is 0 Å². The zero-order valence-electron chi connectivity index (χ0n) is 17.0. The molecule has 4 aromatic rings. The van der Waals surface area contributed by atoms with Crippen molar-refractivity contribution >= 4 is 51.6 Å². The van der Waals surface area contributed by atoms with Crippen molar-refractivity contribution in [2.45, 2.75) is 0 Å². The maximum Gasteiger partial charge on any atom is 0.0736 e. The Morgan fingerprint density at radius 3 is 1.72 bits per heavy atom.